The highest BCUT2D eigenvalue weighted by Crippen LogP contribution is 2.20. The number of benzene rings is 1. The molecule has 0 fully saturated rings. The van der Waals surface area contributed by atoms with Crippen molar-refractivity contribution in [2.75, 3.05) is 0 Å². The lowest BCUT2D eigenvalue weighted by Crippen LogP contribution is -2.12. The highest BCUT2D eigenvalue weighted by molar-refractivity contribution is 7.09. The monoisotopic (exact) mass is 270 g/mol. The standard InChI is InChI=1S/C14H14N4S/c1-2-4-11(5-3-1)14-12(9-17-18-14)8-15-10-13-16-6-7-19-13/h1-7,9,15H,8,10H2,(H,17,18). The van der Waals surface area contributed by atoms with E-state index in [1.165, 1.54) is 5.56 Å². The Hall–Kier alpha value is -1.98. The molecular weight excluding hydrogens is 256 g/mol. The molecule has 0 radical (unpaired) electrons. The smallest absolute Gasteiger partial charge is 0.106 e. The molecule has 0 amide bonds. The summed E-state index contributed by atoms with van der Waals surface area (Å²) in [7, 11) is 0. The Bertz CT molecular complexity index is 616. The quantitative estimate of drug-likeness (QED) is 0.749. The van der Waals surface area contributed by atoms with Crippen LogP contribution in [0, 0.1) is 0 Å². The molecule has 0 spiro atoms. The molecule has 2 aromatic heterocycles. The molecule has 1 aromatic carbocycles. The first-order valence-electron chi connectivity index (χ1n) is 6.10. The van der Waals surface area contributed by atoms with Gasteiger partial charge < -0.3 is 5.32 Å². The second-order valence-corrected chi connectivity index (χ2v) is 5.14. The zero-order valence-corrected chi connectivity index (χ0v) is 11.2. The molecule has 3 aromatic rings. The number of nitrogens with zero attached hydrogens (tertiary/aromatic N) is 2. The van der Waals surface area contributed by atoms with Gasteiger partial charge in [0.2, 0.25) is 0 Å². The summed E-state index contributed by atoms with van der Waals surface area (Å²) < 4.78 is 0. The number of nitrogens with one attached hydrogen (secondary N) is 2. The van der Waals surface area contributed by atoms with Crippen molar-refractivity contribution < 1.29 is 0 Å². The molecule has 0 unspecified atom stereocenters. The SMILES string of the molecule is c1ccc(-c2[nH]ncc2CNCc2nccs2)cc1. The van der Waals surface area contributed by atoms with E-state index in [1.807, 2.05) is 36.0 Å². The third-order valence-corrected chi connectivity index (χ3v) is 3.64. The molecule has 2 N–H and O–H groups in total. The predicted octanol–water partition coefficient (Wildman–Crippen LogP) is 2.82. The highest BCUT2D eigenvalue weighted by Gasteiger charge is 2.06. The topological polar surface area (TPSA) is 53.6 Å². The molecule has 0 atom stereocenters. The Kier molecular flexibility index (Phi) is 3.67. The zero-order chi connectivity index (χ0) is 12.9. The number of rotatable bonds is 5. The largest absolute Gasteiger partial charge is 0.306 e. The molecule has 0 saturated carbocycles. The maximum atomic E-state index is 4.25. The zero-order valence-electron chi connectivity index (χ0n) is 10.3. The molecule has 19 heavy (non-hydrogen) atoms. The maximum Gasteiger partial charge on any atom is 0.106 e. The minimum atomic E-state index is 0.778. The van der Waals surface area contributed by atoms with Gasteiger partial charge in [0.15, 0.2) is 0 Å². The molecule has 3 rings (SSSR count). The van der Waals surface area contributed by atoms with E-state index in [0.717, 1.165) is 29.4 Å². The van der Waals surface area contributed by atoms with Crippen molar-refractivity contribution in [1.29, 1.82) is 0 Å². The van der Waals surface area contributed by atoms with Gasteiger partial charge in [0.05, 0.1) is 11.9 Å². The van der Waals surface area contributed by atoms with Crippen molar-refractivity contribution in [3.8, 4) is 11.3 Å². The Labute approximate surface area is 115 Å². The summed E-state index contributed by atoms with van der Waals surface area (Å²) >= 11 is 1.66. The number of thiazole rings is 1. The fourth-order valence-corrected chi connectivity index (χ4v) is 2.53. The summed E-state index contributed by atoms with van der Waals surface area (Å²) in [6.07, 6.45) is 3.70. The number of aromatic amines is 1. The van der Waals surface area contributed by atoms with Crippen molar-refractivity contribution in [3.05, 3.63) is 58.7 Å². The number of H-pyrrole nitrogens is 1. The highest BCUT2D eigenvalue weighted by atomic mass is 32.1. The van der Waals surface area contributed by atoms with Gasteiger partial charge in [0.25, 0.3) is 0 Å². The second kappa shape index (κ2) is 5.77. The molecular formula is C14H14N4S. The van der Waals surface area contributed by atoms with Crippen LogP contribution in [-0.2, 0) is 13.1 Å². The first kappa shape index (κ1) is 12.1. The van der Waals surface area contributed by atoms with Crippen LogP contribution in [0.2, 0.25) is 0 Å². The Morgan fingerprint density at radius 1 is 1.16 bits per heavy atom. The van der Waals surface area contributed by atoms with Crippen molar-refractivity contribution in [2.24, 2.45) is 0 Å². The van der Waals surface area contributed by atoms with E-state index in [1.54, 1.807) is 11.3 Å². The van der Waals surface area contributed by atoms with Crippen LogP contribution in [0.1, 0.15) is 10.6 Å². The molecule has 0 aliphatic carbocycles. The summed E-state index contributed by atoms with van der Waals surface area (Å²) in [5.41, 5.74) is 3.40. The van der Waals surface area contributed by atoms with Crippen LogP contribution >= 0.6 is 11.3 Å². The van der Waals surface area contributed by atoms with Gasteiger partial charge in [0.1, 0.15) is 5.01 Å². The van der Waals surface area contributed by atoms with Crippen LogP contribution in [0.3, 0.4) is 0 Å². The fraction of sp³-hybridized carbons (Fsp3) is 0.143. The van der Waals surface area contributed by atoms with Crippen LogP contribution in [0.5, 0.6) is 0 Å². The molecule has 2 heterocycles. The normalized spacial score (nSPS) is 10.7. The number of aromatic nitrogens is 3. The van der Waals surface area contributed by atoms with Crippen LogP contribution in [-0.4, -0.2) is 15.2 Å². The van der Waals surface area contributed by atoms with E-state index in [4.69, 9.17) is 0 Å². The van der Waals surface area contributed by atoms with E-state index < -0.39 is 0 Å². The molecule has 96 valence electrons. The van der Waals surface area contributed by atoms with Gasteiger partial charge in [0, 0.05) is 30.2 Å². The van der Waals surface area contributed by atoms with Crippen LogP contribution in [0.4, 0.5) is 0 Å². The van der Waals surface area contributed by atoms with Gasteiger partial charge in [-0.15, -0.1) is 11.3 Å². The lowest BCUT2D eigenvalue weighted by molar-refractivity contribution is 0.691. The van der Waals surface area contributed by atoms with Gasteiger partial charge in [-0.2, -0.15) is 5.10 Å². The van der Waals surface area contributed by atoms with Crippen LogP contribution < -0.4 is 5.32 Å². The van der Waals surface area contributed by atoms with Gasteiger partial charge in [-0.05, 0) is 5.56 Å². The summed E-state index contributed by atoms with van der Waals surface area (Å²) in [5, 5.41) is 13.7. The number of hydrogen-bond donors (Lipinski definition) is 2. The van der Waals surface area contributed by atoms with Gasteiger partial charge in [-0.3, -0.25) is 5.10 Å². The minimum absolute atomic E-state index is 0.778. The van der Waals surface area contributed by atoms with Crippen molar-refractivity contribution in [1.82, 2.24) is 20.5 Å². The third-order valence-electron chi connectivity index (χ3n) is 2.86. The lowest BCUT2D eigenvalue weighted by atomic mass is 10.1. The van der Waals surface area contributed by atoms with Gasteiger partial charge >= 0.3 is 0 Å². The summed E-state index contributed by atoms with van der Waals surface area (Å²) in [6, 6.07) is 10.2. The Balaban J connectivity index is 1.67. The summed E-state index contributed by atoms with van der Waals surface area (Å²) in [5.74, 6) is 0. The van der Waals surface area contributed by atoms with E-state index in [2.05, 4.69) is 32.6 Å². The summed E-state index contributed by atoms with van der Waals surface area (Å²) in [4.78, 5) is 4.25. The lowest BCUT2D eigenvalue weighted by Gasteiger charge is -2.04. The molecule has 0 aliphatic rings. The van der Waals surface area contributed by atoms with Crippen molar-refractivity contribution in [3.63, 3.8) is 0 Å². The summed E-state index contributed by atoms with van der Waals surface area (Å²) in [6.45, 7) is 1.57. The number of hydrogen-bond acceptors (Lipinski definition) is 4. The average molecular weight is 270 g/mol. The fourth-order valence-electron chi connectivity index (χ4n) is 1.94. The first-order chi connectivity index (χ1) is 9.43. The Morgan fingerprint density at radius 2 is 2.05 bits per heavy atom. The first-order valence-corrected chi connectivity index (χ1v) is 6.98. The van der Waals surface area contributed by atoms with E-state index in [-0.39, 0.29) is 0 Å². The van der Waals surface area contributed by atoms with Crippen molar-refractivity contribution >= 4 is 11.3 Å². The molecule has 5 heteroatoms. The van der Waals surface area contributed by atoms with Gasteiger partial charge in [-0.1, -0.05) is 30.3 Å². The molecule has 4 nitrogen and oxygen atoms in total. The Morgan fingerprint density at radius 3 is 2.84 bits per heavy atom. The van der Waals surface area contributed by atoms with Crippen LogP contribution in [0.25, 0.3) is 11.3 Å². The molecule has 0 aliphatic heterocycles. The van der Waals surface area contributed by atoms with E-state index in [9.17, 15) is 0 Å². The average Bonchev–Trinajstić information content (AvgIpc) is 3.11. The maximum absolute atomic E-state index is 4.25. The predicted molar refractivity (Wildman–Crippen MR) is 76.7 cm³/mol. The van der Waals surface area contributed by atoms with E-state index in [0.29, 0.717) is 0 Å². The minimum Gasteiger partial charge on any atom is -0.306 e. The molecule has 0 bridgehead atoms. The van der Waals surface area contributed by atoms with Gasteiger partial charge in [-0.25, -0.2) is 4.98 Å². The molecule has 0 saturated heterocycles. The van der Waals surface area contributed by atoms with Crippen LogP contribution in [0.15, 0.2) is 48.1 Å². The second-order valence-electron chi connectivity index (χ2n) is 4.17. The van der Waals surface area contributed by atoms with E-state index >= 15 is 0 Å². The van der Waals surface area contributed by atoms with Crippen molar-refractivity contribution in [2.45, 2.75) is 13.1 Å². The third kappa shape index (κ3) is 2.89.